The molecule has 2 aliphatic rings. The first-order valence-corrected chi connectivity index (χ1v) is 7.13. The van der Waals surface area contributed by atoms with Gasteiger partial charge in [-0.15, -0.1) is 0 Å². The molecule has 1 spiro atoms. The molecule has 0 bridgehead atoms. The van der Waals surface area contributed by atoms with Gasteiger partial charge in [-0.2, -0.15) is 5.26 Å². The van der Waals surface area contributed by atoms with Gasteiger partial charge in [0.1, 0.15) is 0 Å². The summed E-state index contributed by atoms with van der Waals surface area (Å²) in [6.45, 7) is 2.64. The molecule has 2 fully saturated rings. The first kappa shape index (κ1) is 12.5. The van der Waals surface area contributed by atoms with E-state index in [1.807, 2.05) is 18.2 Å². The van der Waals surface area contributed by atoms with Crippen molar-refractivity contribution in [1.82, 2.24) is 5.32 Å². The third-order valence-corrected chi connectivity index (χ3v) is 4.69. The van der Waals surface area contributed by atoms with Crippen LogP contribution < -0.4 is 10.2 Å². The molecule has 4 nitrogen and oxygen atoms in total. The highest BCUT2D eigenvalue weighted by molar-refractivity contribution is 9.10. The summed E-state index contributed by atoms with van der Waals surface area (Å²) in [5.41, 5.74) is 1.86. The Labute approximate surface area is 120 Å². The predicted molar refractivity (Wildman–Crippen MR) is 75.7 cm³/mol. The Balaban J connectivity index is 1.82. The van der Waals surface area contributed by atoms with E-state index in [2.05, 4.69) is 32.2 Å². The normalized spacial score (nSPS) is 25.7. The number of nitrogens with one attached hydrogen (secondary N) is 1. The second kappa shape index (κ2) is 4.53. The number of hydrogen-bond acceptors (Lipinski definition) is 3. The smallest absolute Gasteiger partial charge is 0.220 e. The minimum absolute atomic E-state index is 0.102. The van der Waals surface area contributed by atoms with E-state index in [4.69, 9.17) is 5.26 Å². The van der Waals surface area contributed by atoms with Gasteiger partial charge >= 0.3 is 0 Å². The molecule has 1 unspecified atom stereocenters. The van der Waals surface area contributed by atoms with Crippen LogP contribution in [0.2, 0.25) is 0 Å². The maximum absolute atomic E-state index is 11.4. The fourth-order valence-electron chi connectivity index (χ4n) is 3.01. The summed E-state index contributed by atoms with van der Waals surface area (Å²) < 4.78 is 0.945. The molecule has 0 radical (unpaired) electrons. The fourth-order valence-corrected chi connectivity index (χ4v) is 3.64. The number of carbonyl (C=O) groups excluding carboxylic acids is 1. The first-order valence-electron chi connectivity index (χ1n) is 6.33. The zero-order valence-electron chi connectivity index (χ0n) is 10.4. The second-order valence-electron chi connectivity index (χ2n) is 5.40. The third kappa shape index (κ3) is 2.21. The average Bonchev–Trinajstić information content (AvgIpc) is 2.97. The number of nitrogens with zero attached hydrogens (tertiary/aromatic N) is 2. The van der Waals surface area contributed by atoms with Gasteiger partial charge in [0, 0.05) is 35.9 Å². The summed E-state index contributed by atoms with van der Waals surface area (Å²) in [4.78, 5) is 13.7. The summed E-state index contributed by atoms with van der Waals surface area (Å²) in [6.07, 6.45) is 1.68. The van der Waals surface area contributed by atoms with Crippen molar-refractivity contribution in [3.05, 3.63) is 28.2 Å². The number of rotatable bonds is 1. The lowest BCUT2D eigenvalue weighted by atomic mass is 9.86. The standard InChI is InChI=1S/C14H14BrN3O/c15-11-5-10(7-16)1-2-12(11)18-4-3-14(9-18)6-13(19)17-8-14/h1-2,5H,3-4,6,8-9H2,(H,17,19). The third-order valence-electron chi connectivity index (χ3n) is 4.05. The molecule has 2 saturated heterocycles. The molecule has 1 amide bonds. The Morgan fingerprint density at radius 1 is 1.47 bits per heavy atom. The van der Waals surface area contributed by atoms with Gasteiger partial charge in [-0.25, -0.2) is 0 Å². The highest BCUT2D eigenvalue weighted by Crippen LogP contribution is 2.40. The van der Waals surface area contributed by atoms with Crippen molar-refractivity contribution in [1.29, 1.82) is 5.26 Å². The van der Waals surface area contributed by atoms with E-state index in [1.54, 1.807) is 0 Å². The zero-order chi connectivity index (χ0) is 13.5. The van der Waals surface area contributed by atoms with Gasteiger partial charge in [-0.05, 0) is 40.5 Å². The van der Waals surface area contributed by atoms with Crippen molar-refractivity contribution in [3.63, 3.8) is 0 Å². The van der Waals surface area contributed by atoms with Crippen LogP contribution in [0.1, 0.15) is 18.4 Å². The minimum atomic E-state index is 0.102. The second-order valence-corrected chi connectivity index (χ2v) is 6.26. The molecule has 1 aromatic rings. The number of hydrogen-bond donors (Lipinski definition) is 1. The van der Waals surface area contributed by atoms with E-state index in [1.165, 1.54) is 0 Å². The average molecular weight is 320 g/mol. The van der Waals surface area contributed by atoms with Crippen molar-refractivity contribution >= 4 is 27.5 Å². The van der Waals surface area contributed by atoms with E-state index in [0.717, 1.165) is 36.2 Å². The quantitative estimate of drug-likeness (QED) is 0.861. The molecular weight excluding hydrogens is 306 g/mol. The molecule has 1 atom stereocenters. The van der Waals surface area contributed by atoms with Crippen LogP contribution in [0.5, 0.6) is 0 Å². The molecule has 2 heterocycles. The largest absolute Gasteiger partial charge is 0.370 e. The van der Waals surface area contributed by atoms with Crippen LogP contribution in [0.25, 0.3) is 0 Å². The van der Waals surface area contributed by atoms with Gasteiger partial charge in [0.2, 0.25) is 5.91 Å². The molecule has 0 aromatic heterocycles. The van der Waals surface area contributed by atoms with Crippen molar-refractivity contribution in [2.45, 2.75) is 12.8 Å². The highest BCUT2D eigenvalue weighted by atomic mass is 79.9. The maximum Gasteiger partial charge on any atom is 0.220 e. The Kier molecular flexibility index (Phi) is 2.98. The summed E-state index contributed by atoms with van der Waals surface area (Å²) in [5.74, 6) is 0.167. The van der Waals surface area contributed by atoms with Crippen LogP contribution >= 0.6 is 15.9 Å². The lowest BCUT2D eigenvalue weighted by molar-refractivity contribution is -0.119. The van der Waals surface area contributed by atoms with Crippen LogP contribution in [0.15, 0.2) is 22.7 Å². The Morgan fingerprint density at radius 2 is 2.32 bits per heavy atom. The Hall–Kier alpha value is -1.54. The van der Waals surface area contributed by atoms with Crippen molar-refractivity contribution < 1.29 is 4.79 Å². The maximum atomic E-state index is 11.4. The molecule has 0 aliphatic carbocycles. The van der Waals surface area contributed by atoms with E-state index < -0.39 is 0 Å². The number of benzene rings is 1. The Morgan fingerprint density at radius 3 is 2.95 bits per heavy atom. The lowest BCUT2D eigenvalue weighted by Gasteiger charge is -2.24. The number of nitriles is 1. The molecule has 2 aliphatic heterocycles. The zero-order valence-corrected chi connectivity index (χ0v) is 12.0. The molecule has 5 heteroatoms. The van der Waals surface area contributed by atoms with Gasteiger partial charge in [-0.3, -0.25) is 4.79 Å². The van der Waals surface area contributed by atoms with Gasteiger partial charge < -0.3 is 10.2 Å². The van der Waals surface area contributed by atoms with E-state index in [-0.39, 0.29) is 11.3 Å². The van der Waals surface area contributed by atoms with Crippen molar-refractivity contribution in [2.75, 3.05) is 24.5 Å². The van der Waals surface area contributed by atoms with Crippen LogP contribution in [-0.2, 0) is 4.79 Å². The van der Waals surface area contributed by atoms with Gasteiger partial charge in [0.25, 0.3) is 0 Å². The number of carbonyl (C=O) groups is 1. The first-order chi connectivity index (χ1) is 9.12. The van der Waals surface area contributed by atoms with Crippen molar-refractivity contribution in [2.24, 2.45) is 5.41 Å². The molecular formula is C14H14BrN3O. The van der Waals surface area contributed by atoms with Gasteiger partial charge in [0.05, 0.1) is 17.3 Å². The fraction of sp³-hybridized carbons (Fsp3) is 0.429. The van der Waals surface area contributed by atoms with Gasteiger partial charge in [-0.1, -0.05) is 0 Å². The molecule has 3 rings (SSSR count). The number of anilines is 1. The van der Waals surface area contributed by atoms with Gasteiger partial charge in [0.15, 0.2) is 0 Å². The van der Waals surface area contributed by atoms with Crippen LogP contribution in [-0.4, -0.2) is 25.5 Å². The summed E-state index contributed by atoms with van der Waals surface area (Å²) >= 11 is 3.53. The molecule has 0 saturated carbocycles. The van der Waals surface area contributed by atoms with E-state index >= 15 is 0 Å². The van der Waals surface area contributed by atoms with E-state index in [0.29, 0.717) is 12.0 Å². The molecule has 19 heavy (non-hydrogen) atoms. The summed E-state index contributed by atoms with van der Waals surface area (Å²) in [7, 11) is 0. The predicted octanol–water partition coefficient (Wildman–Crippen LogP) is 2.04. The van der Waals surface area contributed by atoms with Crippen LogP contribution in [0, 0.1) is 16.7 Å². The number of halogens is 1. The van der Waals surface area contributed by atoms with Crippen LogP contribution in [0.4, 0.5) is 5.69 Å². The topological polar surface area (TPSA) is 56.1 Å². The monoisotopic (exact) mass is 319 g/mol. The lowest BCUT2D eigenvalue weighted by Crippen LogP contribution is -2.29. The molecule has 1 aromatic carbocycles. The number of amides is 1. The summed E-state index contributed by atoms with van der Waals surface area (Å²) in [6, 6.07) is 7.80. The van der Waals surface area contributed by atoms with E-state index in [9.17, 15) is 4.79 Å². The molecule has 98 valence electrons. The minimum Gasteiger partial charge on any atom is -0.370 e. The Bertz CT molecular complexity index is 581. The SMILES string of the molecule is N#Cc1ccc(N2CCC3(CNC(=O)C3)C2)c(Br)c1. The highest BCUT2D eigenvalue weighted by Gasteiger charge is 2.44. The molecule has 1 N–H and O–H groups in total. The van der Waals surface area contributed by atoms with Crippen LogP contribution in [0.3, 0.4) is 0 Å². The summed E-state index contributed by atoms with van der Waals surface area (Å²) in [5, 5.41) is 11.8. The van der Waals surface area contributed by atoms with Crippen molar-refractivity contribution in [3.8, 4) is 6.07 Å².